The van der Waals surface area contributed by atoms with Gasteiger partial charge in [-0.2, -0.15) is 0 Å². The Labute approximate surface area is 237 Å². The maximum absolute atomic E-state index is 12.9. The van der Waals surface area contributed by atoms with Crippen LogP contribution in [0.25, 0.3) is 5.69 Å². The molecule has 0 aliphatic carbocycles. The molecule has 0 N–H and O–H groups in total. The smallest absolute Gasteiger partial charge is 0.223 e. The largest absolute Gasteiger partial charge is 0.339 e. The number of unbranched alkanes of at least 4 members (excludes halogenated alkanes) is 1. The first kappa shape index (κ1) is 28.9. The van der Waals surface area contributed by atoms with Crippen molar-refractivity contribution in [3.8, 4) is 5.69 Å². The standard InChI is InChI=1S/C31H41N5O2S/c1-23(2)20-30(38)35-18-17-34(22-25(35)4)29(37)12-8-9-19-39-31-33-32-28(21-26-10-6-5-7-11-26)36(31)27-15-13-24(3)14-16-27/h5-7,10-11,13-16,23,25H,8-9,12,17-22H2,1-4H3. The van der Waals surface area contributed by atoms with Gasteiger partial charge in [0.1, 0.15) is 5.82 Å². The van der Waals surface area contributed by atoms with Gasteiger partial charge in [-0.25, -0.2) is 0 Å². The second-order valence-electron chi connectivity index (χ2n) is 10.9. The maximum atomic E-state index is 12.9. The van der Waals surface area contributed by atoms with E-state index >= 15 is 0 Å². The van der Waals surface area contributed by atoms with Crippen LogP contribution in [0.2, 0.25) is 0 Å². The van der Waals surface area contributed by atoms with Crippen molar-refractivity contribution in [1.29, 1.82) is 0 Å². The van der Waals surface area contributed by atoms with E-state index in [-0.39, 0.29) is 17.9 Å². The summed E-state index contributed by atoms with van der Waals surface area (Å²) in [6, 6.07) is 18.9. The number of hydrogen-bond donors (Lipinski definition) is 0. The van der Waals surface area contributed by atoms with Crippen LogP contribution in [0, 0.1) is 12.8 Å². The molecule has 1 aromatic heterocycles. The highest BCUT2D eigenvalue weighted by Gasteiger charge is 2.29. The van der Waals surface area contributed by atoms with Crippen molar-refractivity contribution in [1.82, 2.24) is 24.6 Å². The number of aryl methyl sites for hydroxylation is 1. The van der Waals surface area contributed by atoms with Crippen molar-refractivity contribution < 1.29 is 9.59 Å². The zero-order valence-electron chi connectivity index (χ0n) is 23.7. The molecule has 1 fully saturated rings. The molecule has 1 aliphatic rings. The Hall–Kier alpha value is -3.13. The van der Waals surface area contributed by atoms with Gasteiger partial charge in [-0.3, -0.25) is 14.2 Å². The summed E-state index contributed by atoms with van der Waals surface area (Å²) >= 11 is 1.69. The summed E-state index contributed by atoms with van der Waals surface area (Å²) in [7, 11) is 0. The van der Waals surface area contributed by atoms with Crippen LogP contribution in [0.4, 0.5) is 0 Å². The van der Waals surface area contributed by atoms with Gasteiger partial charge in [0.2, 0.25) is 11.8 Å². The lowest BCUT2D eigenvalue weighted by atomic mass is 10.1. The number of carbonyl (C=O) groups is 2. The second-order valence-corrected chi connectivity index (χ2v) is 12.0. The third-order valence-electron chi connectivity index (χ3n) is 7.10. The zero-order valence-corrected chi connectivity index (χ0v) is 24.5. The molecule has 2 amide bonds. The maximum Gasteiger partial charge on any atom is 0.223 e. The molecule has 0 spiro atoms. The summed E-state index contributed by atoms with van der Waals surface area (Å²) in [5.74, 6) is 2.53. The van der Waals surface area contributed by atoms with Crippen molar-refractivity contribution in [2.75, 3.05) is 25.4 Å². The van der Waals surface area contributed by atoms with Crippen molar-refractivity contribution in [3.63, 3.8) is 0 Å². The van der Waals surface area contributed by atoms with E-state index in [2.05, 4.69) is 71.9 Å². The average molecular weight is 548 g/mol. The van der Waals surface area contributed by atoms with Crippen LogP contribution in [-0.4, -0.2) is 67.8 Å². The minimum atomic E-state index is 0.0720. The van der Waals surface area contributed by atoms with Gasteiger partial charge < -0.3 is 9.80 Å². The van der Waals surface area contributed by atoms with Gasteiger partial charge in [0.25, 0.3) is 0 Å². The zero-order chi connectivity index (χ0) is 27.8. The Morgan fingerprint density at radius 2 is 1.72 bits per heavy atom. The van der Waals surface area contributed by atoms with Crippen molar-refractivity contribution in [2.45, 2.75) is 71.0 Å². The number of thioether (sulfide) groups is 1. The molecule has 3 aromatic rings. The van der Waals surface area contributed by atoms with E-state index in [0.717, 1.165) is 35.3 Å². The van der Waals surface area contributed by atoms with E-state index in [1.54, 1.807) is 11.8 Å². The molecule has 1 saturated heterocycles. The van der Waals surface area contributed by atoms with Crippen molar-refractivity contribution in [2.24, 2.45) is 5.92 Å². The molecule has 2 aromatic carbocycles. The second kappa shape index (κ2) is 13.8. The summed E-state index contributed by atoms with van der Waals surface area (Å²) in [5.41, 5.74) is 3.48. The monoisotopic (exact) mass is 547 g/mol. The molecule has 1 unspecified atom stereocenters. The fourth-order valence-electron chi connectivity index (χ4n) is 4.96. The van der Waals surface area contributed by atoms with Gasteiger partial charge >= 0.3 is 0 Å². The summed E-state index contributed by atoms with van der Waals surface area (Å²) in [6.45, 7) is 10.2. The van der Waals surface area contributed by atoms with Gasteiger partial charge in [-0.05, 0) is 50.3 Å². The molecule has 4 rings (SSSR count). The lowest BCUT2D eigenvalue weighted by Gasteiger charge is -2.40. The van der Waals surface area contributed by atoms with Crippen LogP contribution >= 0.6 is 11.8 Å². The number of nitrogens with zero attached hydrogens (tertiary/aromatic N) is 5. The molecule has 0 saturated carbocycles. The normalized spacial score (nSPS) is 15.7. The summed E-state index contributed by atoms with van der Waals surface area (Å²) in [4.78, 5) is 29.2. The molecule has 7 nitrogen and oxygen atoms in total. The molecule has 0 bridgehead atoms. The minimum Gasteiger partial charge on any atom is -0.339 e. The van der Waals surface area contributed by atoms with Crippen LogP contribution < -0.4 is 0 Å². The first-order valence-electron chi connectivity index (χ1n) is 14.1. The molecular formula is C31H41N5O2S. The van der Waals surface area contributed by atoms with E-state index in [9.17, 15) is 9.59 Å². The quantitative estimate of drug-likeness (QED) is 0.233. The Morgan fingerprint density at radius 1 is 0.974 bits per heavy atom. The van der Waals surface area contributed by atoms with Gasteiger partial charge in [0.15, 0.2) is 5.16 Å². The van der Waals surface area contributed by atoms with E-state index < -0.39 is 0 Å². The van der Waals surface area contributed by atoms with E-state index in [1.807, 2.05) is 34.9 Å². The SMILES string of the molecule is Cc1ccc(-n2c(Cc3ccccc3)nnc2SCCCCC(=O)N2CCN(C(=O)CC(C)C)C(C)C2)cc1. The Kier molecular flexibility index (Phi) is 10.2. The Bertz CT molecular complexity index is 1230. The van der Waals surface area contributed by atoms with Gasteiger partial charge in [-0.1, -0.05) is 73.6 Å². The minimum absolute atomic E-state index is 0.0720. The molecule has 39 heavy (non-hydrogen) atoms. The molecular weight excluding hydrogens is 506 g/mol. The van der Waals surface area contributed by atoms with Crippen molar-refractivity contribution >= 4 is 23.6 Å². The first-order valence-corrected chi connectivity index (χ1v) is 15.1. The number of hydrogen-bond acceptors (Lipinski definition) is 5. The van der Waals surface area contributed by atoms with E-state index in [4.69, 9.17) is 0 Å². The third-order valence-corrected chi connectivity index (χ3v) is 8.11. The number of benzene rings is 2. The number of carbonyl (C=O) groups excluding carboxylic acids is 2. The van der Waals surface area contributed by atoms with Crippen LogP contribution in [0.3, 0.4) is 0 Å². The number of rotatable bonds is 11. The molecule has 2 heterocycles. The average Bonchev–Trinajstić information content (AvgIpc) is 3.30. The third kappa shape index (κ3) is 7.94. The van der Waals surface area contributed by atoms with E-state index in [0.29, 0.717) is 44.8 Å². The molecule has 1 aliphatic heterocycles. The first-order chi connectivity index (χ1) is 18.8. The lowest BCUT2D eigenvalue weighted by Crippen LogP contribution is -2.55. The Morgan fingerprint density at radius 3 is 2.41 bits per heavy atom. The predicted molar refractivity (Wildman–Crippen MR) is 157 cm³/mol. The molecule has 1 atom stereocenters. The predicted octanol–water partition coefficient (Wildman–Crippen LogP) is 5.53. The summed E-state index contributed by atoms with van der Waals surface area (Å²) in [5, 5.41) is 9.96. The summed E-state index contributed by atoms with van der Waals surface area (Å²) < 4.78 is 2.16. The fraction of sp³-hybridized carbons (Fsp3) is 0.484. The topological polar surface area (TPSA) is 71.3 Å². The van der Waals surface area contributed by atoms with Gasteiger partial charge in [-0.15, -0.1) is 10.2 Å². The fourth-order valence-corrected chi connectivity index (χ4v) is 5.93. The van der Waals surface area contributed by atoms with Crippen LogP contribution in [0.5, 0.6) is 0 Å². The van der Waals surface area contributed by atoms with Gasteiger partial charge in [0, 0.05) is 56.4 Å². The number of aromatic nitrogens is 3. The van der Waals surface area contributed by atoms with E-state index in [1.165, 1.54) is 11.1 Å². The highest BCUT2D eigenvalue weighted by atomic mass is 32.2. The highest BCUT2D eigenvalue weighted by molar-refractivity contribution is 7.99. The lowest BCUT2D eigenvalue weighted by molar-refractivity contribution is -0.143. The van der Waals surface area contributed by atoms with Crippen LogP contribution in [0.1, 0.15) is 63.4 Å². The number of piperazine rings is 1. The highest BCUT2D eigenvalue weighted by Crippen LogP contribution is 2.25. The molecule has 208 valence electrons. The van der Waals surface area contributed by atoms with Crippen LogP contribution in [-0.2, 0) is 16.0 Å². The number of amides is 2. The Balaban J connectivity index is 1.28. The summed E-state index contributed by atoms with van der Waals surface area (Å²) in [6.07, 6.45) is 3.58. The van der Waals surface area contributed by atoms with Crippen molar-refractivity contribution in [3.05, 3.63) is 71.5 Å². The van der Waals surface area contributed by atoms with Gasteiger partial charge in [0.05, 0.1) is 0 Å². The molecule has 8 heteroatoms. The molecule has 0 radical (unpaired) electrons. The van der Waals surface area contributed by atoms with Crippen LogP contribution in [0.15, 0.2) is 59.8 Å².